The standard InChI is InChI=1S/C13H23N3O/c1-11(12(2)16-10-14)8-15-9-13(3)4-6-17-7-5-13/h8,10,14-15H,4-7,9H2,1-3H3/b11-8+,14-10?,16-12-. The van der Waals surface area contributed by atoms with E-state index < -0.39 is 0 Å². The summed E-state index contributed by atoms with van der Waals surface area (Å²) in [5.41, 5.74) is 2.29. The highest BCUT2D eigenvalue weighted by Crippen LogP contribution is 2.28. The van der Waals surface area contributed by atoms with E-state index in [1.165, 1.54) is 0 Å². The molecule has 4 heteroatoms. The van der Waals surface area contributed by atoms with E-state index in [9.17, 15) is 0 Å². The van der Waals surface area contributed by atoms with Gasteiger partial charge in [0.05, 0.1) is 0 Å². The van der Waals surface area contributed by atoms with Crippen LogP contribution in [0, 0.1) is 10.8 Å². The summed E-state index contributed by atoms with van der Waals surface area (Å²) in [4.78, 5) is 3.94. The van der Waals surface area contributed by atoms with Crippen LogP contribution in [0.15, 0.2) is 16.8 Å². The minimum atomic E-state index is 0.335. The summed E-state index contributed by atoms with van der Waals surface area (Å²) in [6, 6.07) is 0. The Labute approximate surface area is 104 Å². The summed E-state index contributed by atoms with van der Waals surface area (Å²) in [5.74, 6) is 0. The van der Waals surface area contributed by atoms with Gasteiger partial charge in [-0.05, 0) is 37.7 Å². The van der Waals surface area contributed by atoms with Crippen molar-refractivity contribution >= 4 is 12.1 Å². The monoisotopic (exact) mass is 237 g/mol. The Balaban J connectivity index is 2.42. The fourth-order valence-corrected chi connectivity index (χ4v) is 1.79. The number of aliphatic imine (C=N–C) groups is 1. The van der Waals surface area contributed by atoms with E-state index in [4.69, 9.17) is 10.1 Å². The largest absolute Gasteiger partial charge is 0.390 e. The summed E-state index contributed by atoms with van der Waals surface area (Å²) in [5, 5.41) is 10.3. The molecule has 0 aromatic carbocycles. The molecule has 1 aliphatic heterocycles. The lowest BCUT2D eigenvalue weighted by Crippen LogP contribution is -2.35. The Kier molecular flexibility index (Phi) is 5.35. The van der Waals surface area contributed by atoms with Crippen LogP contribution in [0.25, 0.3) is 0 Å². The first-order valence-corrected chi connectivity index (χ1v) is 6.09. The molecule has 1 heterocycles. The third-order valence-corrected chi connectivity index (χ3v) is 3.38. The normalized spacial score (nSPS) is 21.1. The summed E-state index contributed by atoms with van der Waals surface area (Å²) in [6.07, 6.45) is 5.29. The molecular formula is C13H23N3O. The van der Waals surface area contributed by atoms with Crippen LogP contribution in [0.1, 0.15) is 33.6 Å². The van der Waals surface area contributed by atoms with Crippen LogP contribution in [-0.2, 0) is 4.74 Å². The molecule has 1 rings (SSSR count). The molecular weight excluding hydrogens is 214 g/mol. The molecule has 2 N–H and O–H groups in total. The first-order chi connectivity index (χ1) is 8.07. The van der Waals surface area contributed by atoms with E-state index in [-0.39, 0.29) is 0 Å². The zero-order valence-corrected chi connectivity index (χ0v) is 11.0. The van der Waals surface area contributed by atoms with Gasteiger partial charge in [0.25, 0.3) is 0 Å². The van der Waals surface area contributed by atoms with Crippen LogP contribution < -0.4 is 5.32 Å². The van der Waals surface area contributed by atoms with Crippen LogP contribution in [0.2, 0.25) is 0 Å². The molecule has 0 atom stereocenters. The van der Waals surface area contributed by atoms with Crippen molar-refractivity contribution in [2.24, 2.45) is 10.4 Å². The highest BCUT2D eigenvalue weighted by Gasteiger charge is 2.26. The van der Waals surface area contributed by atoms with Gasteiger partial charge in [-0.3, -0.25) is 5.41 Å². The van der Waals surface area contributed by atoms with Gasteiger partial charge < -0.3 is 10.1 Å². The lowest BCUT2D eigenvalue weighted by atomic mass is 9.82. The number of hydrogen-bond acceptors (Lipinski definition) is 3. The second-order valence-corrected chi connectivity index (χ2v) is 4.97. The van der Waals surface area contributed by atoms with Gasteiger partial charge in [-0.2, -0.15) is 0 Å². The molecule has 1 fully saturated rings. The molecule has 4 nitrogen and oxygen atoms in total. The van der Waals surface area contributed by atoms with Gasteiger partial charge in [0.15, 0.2) is 0 Å². The molecule has 0 spiro atoms. The topological polar surface area (TPSA) is 57.5 Å². The van der Waals surface area contributed by atoms with Crippen LogP contribution in [0.5, 0.6) is 0 Å². The van der Waals surface area contributed by atoms with Crippen molar-refractivity contribution in [2.45, 2.75) is 33.6 Å². The molecule has 0 amide bonds. The fourth-order valence-electron chi connectivity index (χ4n) is 1.79. The molecule has 0 aromatic heterocycles. The van der Waals surface area contributed by atoms with Crippen molar-refractivity contribution in [1.29, 1.82) is 5.41 Å². The number of hydrogen-bond donors (Lipinski definition) is 2. The number of rotatable bonds is 5. The molecule has 0 unspecified atom stereocenters. The third kappa shape index (κ3) is 4.69. The number of nitrogens with zero attached hydrogens (tertiary/aromatic N) is 1. The summed E-state index contributed by atoms with van der Waals surface area (Å²) in [6.45, 7) is 8.91. The van der Waals surface area contributed by atoms with Crippen LogP contribution in [0.4, 0.5) is 0 Å². The van der Waals surface area contributed by atoms with E-state index in [2.05, 4.69) is 17.2 Å². The first-order valence-electron chi connectivity index (χ1n) is 6.09. The highest BCUT2D eigenvalue weighted by atomic mass is 16.5. The van der Waals surface area contributed by atoms with Crippen LogP contribution in [-0.4, -0.2) is 31.8 Å². The van der Waals surface area contributed by atoms with Gasteiger partial charge >= 0.3 is 0 Å². The predicted molar refractivity (Wildman–Crippen MR) is 71.8 cm³/mol. The molecule has 0 radical (unpaired) electrons. The Hall–Kier alpha value is -1.16. The smallest absolute Gasteiger partial charge is 0.107 e. The van der Waals surface area contributed by atoms with Crippen molar-refractivity contribution in [3.63, 3.8) is 0 Å². The number of allylic oxidation sites excluding steroid dienone is 1. The lowest BCUT2D eigenvalue weighted by molar-refractivity contribution is 0.0255. The van der Waals surface area contributed by atoms with E-state index in [0.29, 0.717) is 5.41 Å². The average Bonchev–Trinajstić information content (AvgIpc) is 2.30. The zero-order valence-electron chi connectivity index (χ0n) is 11.0. The van der Waals surface area contributed by atoms with Crippen molar-refractivity contribution in [2.75, 3.05) is 19.8 Å². The fraction of sp³-hybridized carbons (Fsp3) is 0.692. The minimum Gasteiger partial charge on any atom is -0.390 e. The second kappa shape index (κ2) is 6.55. The van der Waals surface area contributed by atoms with Crippen molar-refractivity contribution in [3.05, 3.63) is 11.8 Å². The summed E-state index contributed by atoms with van der Waals surface area (Å²) >= 11 is 0. The average molecular weight is 237 g/mol. The van der Waals surface area contributed by atoms with Crippen molar-refractivity contribution in [3.8, 4) is 0 Å². The van der Waals surface area contributed by atoms with Gasteiger partial charge in [-0.1, -0.05) is 6.92 Å². The number of nitrogens with one attached hydrogen (secondary N) is 2. The molecule has 0 aliphatic carbocycles. The maximum atomic E-state index is 6.92. The molecule has 0 bridgehead atoms. The van der Waals surface area contributed by atoms with Crippen LogP contribution >= 0.6 is 0 Å². The van der Waals surface area contributed by atoms with Crippen molar-refractivity contribution < 1.29 is 4.74 Å². The van der Waals surface area contributed by atoms with Gasteiger partial charge in [-0.15, -0.1) is 0 Å². The third-order valence-electron chi connectivity index (χ3n) is 3.38. The lowest BCUT2D eigenvalue weighted by Gasteiger charge is -2.33. The Morgan fingerprint density at radius 1 is 1.41 bits per heavy atom. The SMILES string of the molecule is CC(=N/C=N)/C(C)=C/NCC1(C)CCOCC1. The zero-order chi connectivity index (χ0) is 12.7. The first kappa shape index (κ1) is 13.9. The minimum absolute atomic E-state index is 0.335. The summed E-state index contributed by atoms with van der Waals surface area (Å²) in [7, 11) is 0. The Morgan fingerprint density at radius 2 is 2.06 bits per heavy atom. The molecule has 17 heavy (non-hydrogen) atoms. The maximum Gasteiger partial charge on any atom is 0.107 e. The van der Waals surface area contributed by atoms with E-state index >= 15 is 0 Å². The van der Waals surface area contributed by atoms with E-state index in [0.717, 1.165) is 50.2 Å². The molecule has 1 aliphatic rings. The quantitative estimate of drug-likeness (QED) is 0.569. The van der Waals surface area contributed by atoms with E-state index in [1.54, 1.807) is 0 Å². The molecule has 0 aromatic rings. The predicted octanol–water partition coefficient (Wildman–Crippen LogP) is 2.36. The molecule has 0 saturated carbocycles. The summed E-state index contributed by atoms with van der Waals surface area (Å²) < 4.78 is 5.38. The Morgan fingerprint density at radius 3 is 2.65 bits per heavy atom. The second-order valence-electron chi connectivity index (χ2n) is 4.97. The van der Waals surface area contributed by atoms with Gasteiger partial charge in [0.2, 0.25) is 0 Å². The molecule has 96 valence electrons. The van der Waals surface area contributed by atoms with Crippen molar-refractivity contribution in [1.82, 2.24) is 5.32 Å². The highest BCUT2D eigenvalue weighted by molar-refractivity contribution is 6.01. The van der Waals surface area contributed by atoms with E-state index in [1.807, 2.05) is 20.0 Å². The van der Waals surface area contributed by atoms with Crippen LogP contribution in [0.3, 0.4) is 0 Å². The van der Waals surface area contributed by atoms with Gasteiger partial charge in [0.1, 0.15) is 6.34 Å². The Bertz CT molecular complexity index is 315. The van der Waals surface area contributed by atoms with Gasteiger partial charge in [-0.25, -0.2) is 4.99 Å². The maximum absolute atomic E-state index is 6.92. The van der Waals surface area contributed by atoms with Gasteiger partial charge in [0, 0.05) is 31.7 Å². The molecule has 1 saturated heterocycles. The number of ether oxygens (including phenoxy) is 1.